The zero-order valence-electron chi connectivity index (χ0n) is 11.9. The number of para-hydroxylation sites is 1. The zero-order chi connectivity index (χ0) is 14.7. The predicted molar refractivity (Wildman–Crippen MR) is 80.6 cm³/mol. The van der Waals surface area contributed by atoms with Gasteiger partial charge in [0.1, 0.15) is 17.2 Å². The van der Waals surface area contributed by atoms with Gasteiger partial charge in [-0.25, -0.2) is 0 Å². The molecule has 1 fully saturated rings. The molecule has 1 aliphatic heterocycles. The lowest BCUT2D eigenvalue weighted by Gasteiger charge is -2.24. The second-order valence-electron chi connectivity index (χ2n) is 5.11. The molecule has 5 nitrogen and oxygen atoms in total. The second-order valence-corrected chi connectivity index (χ2v) is 5.86. The fraction of sp³-hybridized carbons (Fsp3) is 0.400. The molecule has 1 amide bonds. The third-order valence-electron chi connectivity index (χ3n) is 3.67. The quantitative estimate of drug-likeness (QED) is 0.871. The molecule has 1 aromatic carbocycles. The first-order valence-corrected chi connectivity index (χ1v) is 7.81. The first kappa shape index (κ1) is 14.0. The summed E-state index contributed by atoms with van der Waals surface area (Å²) in [6.45, 7) is 3.13. The van der Waals surface area contributed by atoms with Crippen LogP contribution in [0.2, 0.25) is 0 Å². The molecular weight excluding hydrogens is 286 g/mol. The van der Waals surface area contributed by atoms with Gasteiger partial charge >= 0.3 is 0 Å². The van der Waals surface area contributed by atoms with E-state index in [9.17, 15) is 4.79 Å². The van der Waals surface area contributed by atoms with Crippen LogP contribution in [-0.2, 0) is 0 Å². The Morgan fingerprint density at radius 2 is 2.24 bits per heavy atom. The Morgan fingerprint density at radius 1 is 1.43 bits per heavy atom. The highest BCUT2D eigenvalue weighted by Gasteiger charge is 2.31. The Hall–Kier alpha value is -1.95. The van der Waals surface area contributed by atoms with Crippen molar-refractivity contribution in [2.45, 2.75) is 25.8 Å². The fourth-order valence-electron chi connectivity index (χ4n) is 2.54. The maximum absolute atomic E-state index is 12.6. The minimum Gasteiger partial charge on any atom is -0.491 e. The van der Waals surface area contributed by atoms with Crippen molar-refractivity contribution in [3.63, 3.8) is 0 Å². The van der Waals surface area contributed by atoms with Crippen molar-refractivity contribution in [1.29, 1.82) is 0 Å². The van der Waals surface area contributed by atoms with E-state index in [0.717, 1.165) is 25.1 Å². The van der Waals surface area contributed by atoms with Crippen LogP contribution >= 0.6 is 11.5 Å². The van der Waals surface area contributed by atoms with Gasteiger partial charge in [-0.15, -0.1) is 5.10 Å². The van der Waals surface area contributed by atoms with E-state index in [1.165, 1.54) is 11.5 Å². The molecule has 0 N–H and O–H groups in total. The number of hydrogen-bond donors (Lipinski definition) is 0. The molecule has 2 aromatic rings. The average Bonchev–Trinajstić information content (AvgIpc) is 3.14. The molecule has 0 saturated carbocycles. The Labute approximate surface area is 127 Å². The Balaban J connectivity index is 1.65. The number of aryl methyl sites for hydroxylation is 1. The highest BCUT2D eigenvalue weighted by atomic mass is 32.1. The molecule has 0 aliphatic carbocycles. The molecule has 0 radical (unpaired) electrons. The van der Waals surface area contributed by atoms with Crippen molar-refractivity contribution < 1.29 is 9.53 Å². The van der Waals surface area contributed by atoms with Crippen molar-refractivity contribution >= 4 is 17.4 Å². The summed E-state index contributed by atoms with van der Waals surface area (Å²) in [5, 5.41) is 3.92. The van der Waals surface area contributed by atoms with Crippen LogP contribution in [0.15, 0.2) is 30.3 Å². The third kappa shape index (κ3) is 3.05. The molecular formula is C15H17N3O2S. The van der Waals surface area contributed by atoms with E-state index in [1.54, 1.807) is 0 Å². The maximum atomic E-state index is 12.6. The van der Waals surface area contributed by atoms with Crippen molar-refractivity contribution in [2.75, 3.05) is 13.2 Å². The van der Waals surface area contributed by atoms with Gasteiger partial charge in [0.05, 0.1) is 11.7 Å². The summed E-state index contributed by atoms with van der Waals surface area (Å²) >= 11 is 1.17. The molecule has 0 bridgehead atoms. The number of carbonyl (C=O) groups is 1. The number of hydrogen-bond acceptors (Lipinski definition) is 5. The van der Waals surface area contributed by atoms with E-state index in [2.05, 4.69) is 9.59 Å². The third-order valence-corrected chi connectivity index (χ3v) is 4.49. The first-order valence-electron chi connectivity index (χ1n) is 7.03. The first-order chi connectivity index (χ1) is 10.3. The Kier molecular flexibility index (Phi) is 4.15. The van der Waals surface area contributed by atoms with E-state index in [0.29, 0.717) is 17.2 Å². The minimum absolute atomic E-state index is 0.0293. The van der Waals surface area contributed by atoms with Crippen LogP contribution in [0, 0.1) is 6.92 Å². The van der Waals surface area contributed by atoms with Crippen molar-refractivity contribution in [2.24, 2.45) is 0 Å². The van der Waals surface area contributed by atoms with Crippen LogP contribution in [0.3, 0.4) is 0 Å². The minimum atomic E-state index is 0.0293. The van der Waals surface area contributed by atoms with E-state index in [4.69, 9.17) is 4.74 Å². The highest BCUT2D eigenvalue weighted by molar-refractivity contribution is 7.07. The summed E-state index contributed by atoms with van der Waals surface area (Å²) in [5.41, 5.74) is 0.708. The van der Waals surface area contributed by atoms with Gasteiger partial charge in [0.2, 0.25) is 0 Å². The normalized spacial score (nSPS) is 18.0. The van der Waals surface area contributed by atoms with Crippen LogP contribution < -0.4 is 4.74 Å². The fourth-order valence-corrected chi connectivity index (χ4v) is 3.16. The molecule has 1 aromatic heterocycles. The summed E-state index contributed by atoms with van der Waals surface area (Å²) in [4.78, 5) is 15.1. The van der Waals surface area contributed by atoms with Crippen molar-refractivity contribution in [3.05, 3.63) is 40.9 Å². The largest absolute Gasteiger partial charge is 0.491 e. The van der Waals surface area contributed by atoms with Gasteiger partial charge in [0.15, 0.2) is 0 Å². The molecule has 0 spiro atoms. The van der Waals surface area contributed by atoms with E-state index in [1.807, 2.05) is 42.2 Å². The monoisotopic (exact) mass is 303 g/mol. The topological polar surface area (TPSA) is 55.3 Å². The number of aromatic nitrogens is 2. The van der Waals surface area contributed by atoms with Gasteiger partial charge in [-0.3, -0.25) is 4.79 Å². The van der Waals surface area contributed by atoms with Gasteiger partial charge in [0.25, 0.3) is 5.91 Å². The Bertz CT molecular complexity index is 614. The predicted octanol–water partition coefficient (Wildman–Crippen LogP) is 2.53. The molecule has 0 unspecified atom stereocenters. The summed E-state index contributed by atoms with van der Waals surface area (Å²) < 4.78 is 9.64. The maximum Gasteiger partial charge on any atom is 0.267 e. The molecule has 1 saturated heterocycles. The van der Waals surface area contributed by atoms with Crippen molar-refractivity contribution in [1.82, 2.24) is 14.5 Å². The SMILES string of the molecule is Cc1nnsc1C(=O)N1CCC[C@H]1COc1ccccc1. The molecule has 3 rings (SSSR count). The van der Waals surface area contributed by atoms with Gasteiger partial charge in [-0.2, -0.15) is 0 Å². The highest BCUT2D eigenvalue weighted by Crippen LogP contribution is 2.23. The number of benzene rings is 1. The summed E-state index contributed by atoms with van der Waals surface area (Å²) in [7, 11) is 0. The summed E-state index contributed by atoms with van der Waals surface area (Å²) in [6, 6.07) is 9.83. The van der Waals surface area contributed by atoms with E-state index >= 15 is 0 Å². The van der Waals surface area contributed by atoms with Gasteiger partial charge < -0.3 is 9.64 Å². The summed E-state index contributed by atoms with van der Waals surface area (Å²) in [6.07, 6.45) is 1.99. The van der Waals surface area contributed by atoms with Crippen LogP contribution in [0.25, 0.3) is 0 Å². The molecule has 1 atom stereocenters. The smallest absolute Gasteiger partial charge is 0.267 e. The number of carbonyl (C=O) groups excluding carboxylic acids is 1. The number of rotatable bonds is 4. The van der Waals surface area contributed by atoms with Gasteiger partial charge in [0, 0.05) is 6.54 Å². The lowest BCUT2D eigenvalue weighted by atomic mass is 10.2. The number of ether oxygens (including phenoxy) is 1. The van der Waals surface area contributed by atoms with Crippen LogP contribution in [0.1, 0.15) is 28.2 Å². The lowest BCUT2D eigenvalue weighted by Crippen LogP contribution is -2.39. The molecule has 21 heavy (non-hydrogen) atoms. The molecule has 2 heterocycles. The molecule has 110 valence electrons. The standard InChI is InChI=1S/C15H17N3O2S/c1-11-14(21-17-16-11)15(19)18-9-5-6-12(18)10-20-13-7-3-2-4-8-13/h2-4,7-8,12H,5-6,9-10H2,1H3/t12-/m0/s1. The van der Waals surface area contributed by atoms with Crippen LogP contribution in [-0.4, -0.2) is 39.6 Å². The molecule has 6 heteroatoms. The molecule has 1 aliphatic rings. The van der Waals surface area contributed by atoms with Gasteiger partial charge in [-0.05, 0) is 43.4 Å². The van der Waals surface area contributed by atoms with Crippen molar-refractivity contribution in [3.8, 4) is 5.75 Å². The van der Waals surface area contributed by atoms with Crippen LogP contribution in [0.5, 0.6) is 5.75 Å². The lowest BCUT2D eigenvalue weighted by molar-refractivity contribution is 0.0695. The van der Waals surface area contributed by atoms with Gasteiger partial charge in [-0.1, -0.05) is 22.7 Å². The second kappa shape index (κ2) is 6.22. The Morgan fingerprint density at radius 3 is 2.95 bits per heavy atom. The average molecular weight is 303 g/mol. The zero-order valence-corrected chi connectivity index (χ0v) is 12.7. The summed E-state index contributed by atoms with van der Waals surface area (Å²) in [5.74, 6) is 0.870. The number of nitrogens with zero attached hydrogens (tertiary/aromatic N) is 3. The number of amides is 1. The van der Waals surface area contributed by atoms with Crippen LogP contribution in [0.4, 0.5) is 0 Å². The van der Waals surface area contributed by atoms with E-state index in [-0.39, 0.29) is 11.9 Å². The van der Waals surface area contributed by atoms with E-state index < -0.39 is 0 Å². The number of likely N-dealkylation sites (tertiary alicyclic amines) is 1.